The second-order valence-electron chi connectivity index (χ2n) is 7.06. The Morgan fingerprint density at radius 2 is 2.12 bits per heavy atom. The third-order valence-corrected chi connectivity index (χ3v) is 5.08. The predicted molar refractivity (Wildman–Crippen MR) is 90.2 cm³/mol. The molecule has 2 aliphatic rings. The third kappa shape index (κ3) is 3.21. The Kier molecular flexibility index (Phi) is 4.21. The van der Waals surface area contributed by atoms with Gasteiger partial charge in [0.05, 0.1) is 12.0 Å². The summed E-state index contributed by atoms with van der Waals surface area (Å²) in [7, 11) is 1.74. The van der Waals surface area contributed by atoms with E-state index in [1.807, 2.05) is 0 Å². The summed E-state index contributed by atoms with van der Waals surface area (Å²) in [6, 6.07) is 1.46. The monoisotopic (exact) mass is 358 g/mol. The second kappa shape index (κ2) is 6.54. The first-order chi connectivity index (χ1) is 12.5. The average Bonchev–Trinajstić information content (AvgIpc) is 3.27. The van der Waals surface area contributed by atoms with E-state index in [0.29, 0.717) is 36.9 Å². The highest BCUT2D eigenvalue weighted by Gasteiger charge is 2.39. The molecule has 1 N–H and O–H groups in total. The minimum atomic E-state index is -0.242. The first-order valence-electron chi connectivity index (χ1n) is 8.91. The summed E-state index contributed by atoms with van der Waals surface area (Å²) in [5.41, 5.74) is 0.532. The molecule has 0 radical (unpaired) electrons. The van der Waals surface area contributed by atoms with Crippen molar-refractivity contribution in [3.63, 3.8) is 0 Å². The zero-order valence-electron chi connectivity index (χ0n) is 14.9. The molecule has 1 saturated heterocycles. The first kappa shape index (κ1) is 16.7. The van der Waals surface area contributed by atoms with Gasteiger partial charge in [0.1, 0.15) is 5.69 Å². The minimum Gasteiger partial charge on any atom is -0.351 e. The van der Waals surface area contributed by atoms with Crippen molar-refractivity contribution in [2.45, 2.75) is 38.1 Å². The van der Waals surface area contributed by atoms with Gasteiger partial charge >= 0.3 is 0 Å². The number of nitrogens with zero attached hydrogens (tertiary/aromatic N) is 5. The Bertz CT molecular complexity index is 824. The van der Waals surface area contributed by atoms with Crippen LogP contribution in [0.4, 0.5) is 0 Å². The Hall–Kier alpha value is -2.71. The summed E-state index contributed by atoms with van der Waals surface area (Å²) < 4.78 is 6.91. The van der Waals surface area contributed by atoms with Gasteiger partial charge in [-0.3, -0.25) is 14.3 Å². The van der Waals surface area contributed by atoms with E-state index in [4.69, 9.17) is 4.52 Å². The zero-order chi connectivity index (χ0) is 18.3. The Balaban J connectivity index is 1.53. The maximum atomic E-state index is 12.8. The van der Waals surface area contributed by atoms with Crippen LogP contribution in [-0.2, 0) is 11.8 Å². The fourth-order valence-corrected chi connectivity index (χ4v) is 3.43. The van der Waals surface area contributed by atoms with Gasteiger partial charge in [-0.05, 0) is 32.3 Å². The number of carbonyl (C=O) groups is 2. The first-order valence-corrected chi connectivity index (χ1v) is 8.91. The quantitative estimate of drug-likeness (QED) is 0.859. The summed E-state index contributed by atoms with van der Waals surface area (Å²) in [4.78, 5) is 31.2. The van der Waals surface area contributed by atoms with Crippen LogP contribution >= 0.6 is 0 Å². The highest BCUT2D eigenvalue weighted by atomic mass is 16.5. The largest absolute Gasteiger partial charge is 0.351 e. The number of nitrogens with one attached hydrogen (secondary N) is 1. The van der Waals surface area contributed by atoms with Crippen LogP contribution in [0.3, 0.4) is 0 Å². The number of piperidine rings is 1. The molecule has 3 heterocycles. The van der Waals surface area contributed by atoms with Crippen LogP contribution in [0, 0.1) is 12.8 Å². The van der Waals surface area contributed by atoms with Crippen molar-refractivity contribution in [2.24, 2.45) is 13.0 Å². The van der Waals surface area contributed by atoms with E-state index < -0.39 is 0 Å². The van der Waals surface area contributed by atoms with Gasteiger partial charge in [-0.25, -0.2) is 0 Å². The maximum Gasteiger partial charge on any atom is 0.272 e. The molecule has 9 nitrogen and oxygen atoms in total. The van der Waals surface area contributed by atoms with Gasteiger partial charge in [-0.15, -0.1) is 0 Å². The van der Waals surface area contributed by atoms with E-state index in [2.05, 4.69) is 20.6 Å². The van der Waals surface area contributed by atoms with Crippen molar-refractivity contribution in [3.05, 3.63) is 29.7 Å². The fourth-order valence-electron chi connectivity index (χ4n) is 3.43. The lowest BCUT2D eigenvalue weighted by Crippen LogP contribution is -2.53. The predicted octanol–water partition coefficient (Wildman–Crippen LogP) is 0.636. The van der Waals surface area contributed by atoms with Gasteiger partial charge in [0.2, 0.25) is 11.8 Å². The summed E-state index contributed by atoms with van der Waals surface area (Å²) in [6.45, 7) is 2.74. The SMILES string of the molecule is Cc1noc([C@H]2CCN(C(=O)c3ccnn3C)C[C@H]2NC(=O)C2CC2)n1. The van der Waals surface area contributed by atoms with Crippen molar-refractivity contribution in [1.82, 2.24) is 30.1 Å². The lowest BCUT2D eigenvalue weighted by molar-refractivity contribution is -0.123. The smallest absolute Gasteiger partial charge is 0.272 e. The topological polar surface area (TPSA) is 106 Å². The Labute approximate surface area is 150 Å². The van der Waals surface area contributed by atoms with E-state index in [9.17, 15) is 9.59 Å². The van der Waals surface area contributed by atoms with Gasteiger partial charge in [0, 0.05) is 32.3 Å². The maximum absolute atomic E-state index is 12.8. The van der Waals surface area contributed by atoms with E-state index >= 15 is 0 Å². The molecule has 4 rings (SSSR count). The number of aryl methyl sites for hydroxylation is 2. The molecule has 2 fully saturated rings. The molecule has 1 aliphatic carbocycles. The molecule has 2 atom stereocenters. The molecule has 0 spiro atoms. The minimum absolute atomic E-state index is 0.0473. The van der Waals surface area contributed by atoms with Gasteiger partial charge in [0.25, 0.3) is 5.91 Å². The van der Waals surface area contributed by atoms with Crippen molar-refractivity contribution in [2.75, 3.05) is 13.1 Å². The van der Waals surface area contributed by atoms with E-state index in [0.717, 1.165) is 12.8 Å². The highest BCUT2D eigenvalue weighted by Crippen LogP contribution is 2.32. The molecule has 2 amide bonds. The Morgan fingerprint density at radius 3 is 2.73 bits per heavy atom. The van der Waals surface area contributed by atoms with Crippen LogP contribution in [0.1, 0.15) is 47.4 Å². The third-order valence-electron chi connectivity index (χ3n) is 5.08. The number of aromatic nitrogens is 4. The van der Waals surface area contributed by atoms with Crippen molar-refractivity contribution < 1.29 is 14.1 Å². The lowest BCUT2D eigenvalue weighted by Gasteiger charge is -2.37. The molecule has 2 aromatic rings. The van der Waals surface area contributed by atoms with E-state index in [1.54, 1.807) is 35.8 Å². The lowest BCUT2D eigenvalue weighted by atomic mass is 9.90. The van der Waals surface area contributed by atoms with Crippen LogP contribution in [0.25, 0.3) is 0 Å². The number of hydrogen-bond donors (Lipinski definition) is 1. The standard InChI is InChI=1S/C17H22N6O3/c1-10-19-16(26-21-10)12-6-8-23(17(25)14-5-7-18-22(14)2)9-13(12)20-15(24)11-3-4-11/h5,7,11-13H,3-4,6,8-9H2,1-2H3,(H,20,24)/t12-,13+/m0/s1. The van der Waals surface area contributed by atoms with Crippen molar-refractivity contribution >= 4 is 11.8 Å². The number of likely N-dealkylation sites (tertiary alicyclic amines) is 1. The average molecular weight is 358 g/mol. The van der Waals surface area contributed by atoms with Crippen LogP contribution in [0.5, 0.6) is 0 Å². The van der Waals surface area contributed by atoms with Gasteiger partial charge < -0.3 is 14.7 Å². The Morgan fingerprint density at radius 1 is 1.31 bits per heavy atom. The number of rotatable bonds is 4. The molecule has 1 saturated carbocycles. The summed E-state index contributed by atoms with van der Waals surface area (Å²) >= 11 is 0. The van der Waals surface area contributed by atoms with Crippen LogP contribution in [0.15, 0.2) is 16.8 Å². The highest BCUT2D eigenvalue weighted by molar-refractivity contribution is 5.92. The summed E-state index contributed by atoms with van der Waals surface area (Å²) in [5.74, 6) is 1.07. The van der Waals surface area contributed by atoms with Gasteiger partial charge in [-0.1, -0.05) is 5.16 Å². The zero-order valence-corrected chi connectivity index (χ0v) is 14.9. The molecular formula is C17H22N6O3. The van der Waals surface area contributed by atoms with Crippen molar-refractivity contribution in [1.29, 1.82) is 0 Å². The van der Waals surface area contributed by atoms with E-state index in [1.165, 1.54) is 0 Å². The molecule has 1 aliphatic heterocycles. The normalized spacial score (nSPS) is 23.1. The molecule has 0 bridgehead atoms. The molecule has 0 unspecified atom stereocenters. The number of hydrogen-bond acceptors (Lipinski definition) is 6. The summed E-state index contributed by atoms with van der Waals surface area (Å²) in [6.07, 6.45) is 4.12. The molecule has 2 aromatic heterocycles. The molecule has 138 valence electrons. The van der Waals surface area contributed by atoms with Gasteiger partial charge in [0.15, 0.2) is 5.82 Å². The summed E-state index contributed by atoms with van der Waals surface area (Å²) in [5, 5.41) is 11.0. The van der Waals surface area contributed by atoms with Crippen LogP contribution in [-0.4, -0.2) is 55.8 Å². The molecular weight excluding hydrogens is 336 g/mol. The van der Waals surface area contributed by atoms with Crippen LogP contribution in [0.2, 0.25) is 0 Å². The molecule has 0 aromatic carbocycles. The second-order valence-corrected chi connectivity index (χ2v) is 7.06. The fraction of sp³-hybridized carbons (Fsp3) is 0.588. The molecule has 26 heavy (non-hydrogen) atoms. The van der Waals surface area contributed by atoms with Crippen LogP contribution < -0.4 is 5.32 Å². The number of carbonyl (C=O) groups excluding carboxylic acids is 2. The van der Waals surface area contributed by atoms with E-state index in [-0.39, 0.29) is 29.7 Å². The molecule has 9 heteroatoms. The van der Waals surface area contributed by atoms with Crippen molar-refractivity contribution in [3.8, 4) is 0 Å². The van der Waals surface area contributed by atoms with Gasteiger partial charge in [-0.2, -0.15) is 10.1 Å². The number of amides is 2.